The van der Waals surface area contributed by atoms with Crippen molar-refractivity contribution >= 4 is 17.2 Å². The maximum absolute atomic E-state index is 12.8. The van der Waals surface area contributed by atoms with Gasteiger partial charge in [-0.3, -0.25) is 4.79 Å². The quantitative estimate of drug-likeness (QED) is 0.407. The summed E-state index contributed by atoms with van der Waals surface area (Å²) in [5.74, 6) is -0.0146. The first-order chi connectivity index (χ1) is 15.0. The SMILES string of the molecule is Cc1cccc(-c2nc(CC(=O)NCC(C)(c3ccccc3)c3ccccc3)cs2)c1. The summed E-state index contributed by atoms with van der Waals surface area (Å²) in [6.07, 6.45) is 0.280. The molecule has 0 unspecified atom stereocenters. The fourth-order valence-corrected chi connectivity index (χ4v) is 4.60. The van der Waals surface area contributed by atoms with Crippen LogP contribution in [0.5, 0.6) is 0 Å². The zero-order valence-electron chi connectivity index (χ0n) is 17.8. The molecule has 3 nitrogen and oxygen atoms in total. The molecular formula is C27H26N2OS. The minimum absolute atomic E-state index is 0.0146. The fraction of sp³-hybridized carbons (Fsp3) is 0.185. The number of rotatable bonds is 7. The Balaban J connectivity index is 1.47. The molecule has 4 heteroatoms. The van der Waals surface area contributed by atoms with Gasteiger partial charge in [-0.15, -0.1) is 11.3 Å². The molecular weight excluding hydrogens is 400 g/mol. The number of thiazole rings is 1. The van der Waals surface area contributed by atoms with Crippen LogP contribution in [0.4, 0.5) is 0 Å². The molecule has 1 N–H and O–H groups in total. The zero-order valence-corrected chi connectivity index (χ0v) is 18.7. The standard InChI is InChI=1S/C27H26N2OS/c1-20-10-9-11-21(16-20)26-29-24(18-31-26)17-25(30)28-19-27(2,22-12-5-3-6-13-22)23-14-7-4-8-15-23/h3-16,18H,17,19H2,1-2H3,(H,28,30). The van der Waals surface area contributed by atoms with E-state index in [1.54, 1.807) is 11.3 Å². The van der Waals surface area contributed by atoms with Crippen molar-refractivity contribution in [2.45, 2.75) is 25.7 Å². The highest BCUT2D eigenvalue weighted by molar-refractivity contribution is 7.13. The van der Waals surface area contributed by atoms with E-state index < -0.39 is 0 Å². The molecule has 0 aliphatic carbocycles. The summed E-state index contributed by atoms with van der Waals surface area (Å²) in [7, 11) is 0. The highest BCUT2D eigenvalue weighted by Gasteiger charge is 2.29. The number of carbonyl (C=O) groups is 1. The normalized spacial score (nSPS) is 11.3. The third-order valence-corrected chi connectivity index (χ3v) is 6.56. The van der Waals surface area contributed by atoms with Crippen LogP contribution >= 0.6 is 11.3 Å². The van der Waals surface area contributed by atoms with E-state index in [2.05, 4.69) is 66.6 Å². The van der Waals surface area contributed by atoms with Crippen molar-refractivity contribution < 1.29 is 4.79 Å². The zero-order chi connectivity index (χ0) is 21.7. The maximum atomic E-state index is 12.8. The smallest absolute Gasteiger partial charge is 0.226 e. The first-order valence-electron chi connectivity index (χ1n) is 10.4. The van der Waals surface area contributed by atoms with Crippen molar-refractivity contribution in [3.63, 3.8) is 0 Å². The van der Waals surface area contributed by atoms with Crippen molar-refractivity contribution in [1.82, 2.24) is 10.3 Å². The second kappa shape index (κ2) is 9.27. The van der Waals surface area contributed by atoms with Crippen molar-refractivity contribution in [1.29, 1.82) is 0 Å². The van der Waals surface area contributed by atoms with E-state index in [9.17, 15) is 4.79 Å². The van der Waals surface area contributed by atoms with Crippen LogP contribution in [0.1, 0.15) is 29.3 Å². The number of aryl methyl sites for hydroxylation is 1. The summed E-state index contributed by atoms with van der Waals surface area (Å²) in [5, 5.41) is 6.08. The lowest BCUT2D eigenvalue weighted by atomic mass is 9.76. The summed E-state index contributed by atoms with van der Waals surface area (Å²) in [5.41, 5.74) is 5.15. The Labute approximate surface area is 187 Å². The molecule has 0 aliphatic heterocycles. The van der Waals surface area contributed by atoms with Gasteiger partial charge < -0.3 is 5.32 Å². The summed E-state index contributed by atoms with van der Waals surface area (Å²) in [6.45, 7) is 4.77. The van der Waals surface area contributed by atoms with Crippen molar-refractivity contribution in [3.8, 4) is 10.6 Å². The average molecular weight is 427 g/mol. The summed E-state index contributed by atoms with van der Waals surface area (Å²) in [6, 6.07) is 29.0. The minimum Gasteiger partial charge on any atom is -0.355 e. The number of nitrogens with one attached hydrogen (secondary N) is 1. The first-order valence-corrected chi connectivity index (χ1v) is 11.3. The van der Waals surface area contributed by atoms with Gasteiger partial charge in [0.1, 0.15) is 5.01 Å². The predicted octanol–water partition coefficient (Wildman–Crippen LogP) is 5.78. The fourth-order valence-electron chi connectivity index (χ4n) is 3.78. The van der Waals surface area contributed by atoms with E-state index in [4.69, 9.17) is 0 Å². The van der Waals surface area contributed by atoms with Gasteiger partial charge in [0, 0.05) is 22.9 Å². The van der Waals surface area contributed by atoms with Gasteiger partial charge in [0.05, 0.1) is 12.1 Å². The maximum Gasteiger partial charge on any atom is 0.226 e. The van der Waals surface area contributed by atoms with Gasteiger partial charge in [0.15, 0.2) is 0 Å². The molecule has 0 bridgehead atoms. The van der Waals surface area contributed by atoms with Crippen LogP contribution in [-0.2, 0) is 16.6 Å². The molecule has 31 heavy (non-hydrogen) atoms. The minimum atomic E-state index is -0.313. The van der Waals surface area contributed by atoms with E-state index in [-0.39, 0.29) is 17.7 Å². The van der Waals surface area contributed by atoms with Crippen LogP contribution in [0.3, 0.4) is 0 Å². The van der Waals surface area contributed by atoms with Crippen LogP contribution in [0, 0.1) is 6.92 Å². The molecule has 0 spiro atoms. The Kier molecular flexibility index (Phi) is 6.28. The van der Waals surface area contributed by atoms with E-state index >= 15 is 0 Å². The number of carbonyl (C=O) groups excluding carboxylic acids is 1. The van der Waals surface area contributed by atoms with Crippen LogP contribution in [-0.4, -0.2) is 17.4 Å². The number of benzene rings is 3. The van der Waals surface area contributed by atoms with Crippen molar-refractivity contribution in [3.05, 3.63) is 113 Å². The molecule has 0 saturated heterocycles. The van der Waals surface area contributed by atoms with Gasteiger partial charge >= 0.3 is 0 Å². The molecule has 1 aromatic heterocycles. The lowest BCUT2D eigenvalue weighted by Crippen LogP contribution is -2.40. The molecule has 0 aliphatic rings. The Hall–Kier alpha value is -3.24. The molecule has 3 aromatic carbocycles. The highest BCUT2D eigenvalue weighted by atomic mass is 32.1. The Morgan fingerprint density at radius 2 is 1.58 bits per heavy atom. The number of hydrogen-bond donors (Lipinski definition) is 1. The van der Waals surface area contributed by atoms with E-state index in [1.165, 1.54) is 16.7 Å². The molecule has 0 atom stereocenters. The Bertz CT molecular complexity index is 1110. The second-order valence-corrected chi connectivity index (χ2v) is 8.89. The van der Waals surface area contributed by atoms with Crippen LogP contribution in [0.2, 0.25) is 0 Å². The van der Waals surface area contributed by atoms with E-state index in [1.807, 2.05) is 47.8 Å². The lowest BCUT2D eigenvalue weighted by Gasteiger charge is -2.31. The van der Waals surface area contributed by atoms with Gasteiger partial charge in [-0.05, 0) is 31.0 Å². The number of hydrogen-bond acceptors (Lipinski definition) is 3. The molecule has 4 rings (SSSR count). The molecule has 156 valence electrons. The highest BCUT2D eigenvalue weighted by Crippen LogP contribution is 2.31. The van der Waals surface area contributed by atoms with Gasteiger partial charge in [-0.25, -0.2) is 4.98 Å². The Morgan fingerprint density at radius 3 is 2.19 bits per heavy atom. The van der Waals surface area contributed by atoms with E-state index in [0.717, 1.165) is 16.3 Å². The summed E-state index contributed by atoms with van der Waals surface area (Å²) < 4.78 is 0. The molecule has 0 saturated carbocycles. The Morgan fingerprint density at radius 1 is 0.935 bits per heavy atom. The monoisotopic (exact) mass is 426 g/mol. The van der Waals surface area contributed by atoms with Crippen LogP contribution < -0.4 is 5.32 Å². The molecule has 0 fully saturated rings. The van der Waals surface area contributed by atoms with Gasteiger partial charge in [-0.1, -0.05) is 84.4 Å². The number of nitrogens with zero attached hydrogens (tertiary/aromatic N) is 1. The average Bonchev–Trinajstić information content (AvgIpc) is 3.27. The number of aromatic nitrogens is 1. The van der Waals surface area contributed by atoms with Crippen molar-refractivity contribution in [2.24, 2.45) is 0 Å². The third-order valence-electron chi connectivity index (χ3n) is 5.62. The summed E-state index contributed by atoms with van der Waals surface area (Å²) in [4.78, 5) is 17.5. The number of amides is 1. The van der Waals surface area contributed by atoms with Crippen LogP contribution in [0.25, 0.3) is 10.6 Å². The van der Waals surface area contributed by atoms with Gasteiger partial charge in [-0.2, -0.15) is 0 Å². The van der Waals surface area contributed by atoms with Crippen LogP contribution in [0.15, 0.2) is 90.3 Å². The topological polar surface area (TPSA) is 42.0 Å². The molecule has 1 heterocycles. The molecule has 0 radical (unpaired) electrons. The lowest BCUT2D eigenvalue weighted by molar-refractivity contribution is -0.120. The van der Waals surface area contributed by atoms with Gasteiger partial charge in [0.25, 0.3) is 0 Å². The predicted molar refractivity (Wildman–Crippen MR) is 128 cm³/mol. The van der Waals surface area contributed by atoms with E-state index in [0.29, 0.717) is 6.54 Å². The second-order valence-electron chi connectivity index (χ2n) is 8.03. The largest absolute Gasteiger partial charge is 0.355 e. The third kappa shape index (κ3) is 4.92. The summed E-state index contributed by atoms with van der Waals surface area (Å²) >= 11 is 1.58. The van der Waals surface area contributed by atoms with Crippen molar-refractivity contribution in [2.75, 3.05) is 6.54 Å². The molecule has 4 aromatic rings. The molecule has 1 amide bonds. The van der Waals surface area contributed by atoms with Gasteiger partial charge in [0.2, 0.25) is 5.91 Å². The first kappa shape index (κ1) is 21.0.